The summed E-state index contributed by atoms with van der Waals surface area (Å²) in [4.78, 5) is 0. The predicted octanol–water partition coefficient (Wildman–Crippen LogP) is 4.52. The van der Waals surface area contributed by atoms with Gasteiger partial charge in [-0.05, 0) is 25.7 Å². The van der Waals surface area contributed by atoms with E-state index in [-0.39, 0.29) is 13.2 Å². The third-order valence-corrected chi connectivity index (χ3v) is 5.67. The van der Waals surface area contributed by atoms with Crippen molar-refractivity contribution in [2.45, 2.75) is 121 Å². The maximum atomic E-state index is 9.95. The molecule has 0 radical (unpaired) electrons. The van der Waals surface area contributed by atoms with Crippen LogP contribution in [-0.2, 0) is 9.47 Å². The minimum atomic E-state index is -1.03. The van der Waals surface area contributed by atoms with Crippen LogP contribution in [0.5, 0.6) is 0 Å². The molecule has 1 rings (SSSR count). The molecule has 0 aromatic carbocycles. The molecule has 1 heterocycles. The minimum Gasteiger partial charge on any atom is -0.388 e. The van der Waals surface area contributed by atoms with Gasteiger partial charge in [-0.25, -0.2) is 0 Å². The Labute approximate surface area is 178 Å². The van der Waals surface area contributed by atoms with Crippen molar-refractivity contribution in [1.82, 2.24) is 0 Å². The molecule has 0 aliphatic carbocycles. The molecule has 5 nitrogen and oxygen atoms in total. The van der Waals surface area contributed by atoms with Gasteiger partial charge in [0.1, 0.15) is 24.4 Å². The SMILES string of the molecule is CC/C=C/CCCCCCCCCCCCCCOC[C@H](O)[C@@H]1OC[C@@H](O)[C@@H]1O. The fourth-order valence-electron chi connectivity index (χ4n) is 3.78. The standard InChI is InChI=1S/C24H46O5/c1-2-3-4-5-6-7-8-9-10-11-12-13-14-15-16-17-18-28-19-22(26)24-23(27)21(25)20-29-24/h3-4,21-27H,2,5-20H2,1H3/b4-3+/t21-,22+,23+,24+/m1/s1. The molecule has 0 saturated carbocycles. The number of hydrogen-bond donors (Lipinski definition) is 3. The summed E-state index contributed by atoms with van der Waals surface area (Å²) in [6, 6.07) is 0. The highest BCUT2D eigenvalue weighted by Gasteiger charge is 2.39. The van der Waals surface area contributed by atoms with E-state index in [1.54, 1.807) is 0 Å². The smallest absolute Gasteiger partial charge is 0.114 e. The normalized spacial score (nSPS) is 23.2. The van der Waals surface area contributed by atoms with Crippen LogP contribution in [-0.4, -0.2) is 59.6 Å². The Balaban J connectivity index is 1.75. The maximum absolute atomic E-state index is 9.95. The first kappa shape index (κ1) is 26.6. The number of ether oxygens (including phenoxy) is 2. The van der Waals surface area contributed by atoms with E-state index in [0.717, 1.165) is 19.3 Å². The predicted molar refractivity (Wildman–Crippen MR) is 118 cm³/mol. The molecule has 1 aliphatic rings. The molecule has 3 N–H and O–H groups in total. The molecule has 0 spiro atoms. The molecule has 0 amide bonds. The molecule has 1 fully saturated rings. The van der Waals surface area contributed by atoms with Gasteiger partial charge >= 0.3 is 0 Å². The zero-order chi connectivity index (χ0) is 21.2. The lowest BCUT2D eigenvalue weighted by molar-refractivity contribution is -0.0813. The van der Waals surface area contributed by atoms with Crippen molar-refractivity contribution < 1.29 is 24.8 Å². The minimum absolute atomic E-state index is 0.0693. The van der Waals surface area contributed by atoms with Crippen LogP contribution in [0, 0.1) is 0 Å². The lowest BCUT2D eigenvalue weighted by Crippen LogP contribution is -2.40. The van der Waals surface area contributed by atoms with E-state index in [1.807, 2.05) is 0 Å². The quantitative estimate of drug-likeness (QED) is 0.214. The molecule has 1 saturated heterocycles. The number of unbranched alkanes of at least 4 members (excludes halogenated alkanes) is 12. The fourth-order valence-corrected chi connectivity index (χ4v) is 3.78. The summed E-state index contributed by atoms with van der Waals surface area (Å²) in [5.74, 6) is 0. The van der Waals surface area contributed by atoms with Gasteiger partial charge in [-0.3, -0.25) is 0 Å². The van der Waals surface area contributed by atoms with Crippen LogP contribution in [0.3, 0.4) is 0 Å². The Kier molecular flexibility index (Phi) is 16.8. The molecule has 0 unspecified atom stereocenters. The van der Waals surface area contributed by atoms with Gasteiger partial charge in [0.25, 0.3) is 0 Å². The van der Waals surface area contributed by atoms with Crippen LogP contribution >= 0.6 is 0 Å². The summed E-state index contributed by atoms with van der Waals surface area (Å²) < 4.78 is 10.7. The first-order valence-electron chi connectivity index (χ1n) is 12.0. The molecule has 0 aromatic rings. The second-order valence-corrected chi connectivity index (χ2v) is 8.41. The molecule has 172 valence electrons. The van der Waals surface area contributed by atoms with Crippen molar-refractivity contribution in [3.63, 3.8) is 0 Å². The first-order chi connectivity index (χ1) is 14.2. The molecule has 5 heteroatoms. The average molecular weight is 415 g/mol. The van der Waals surface area contributed by atoms with Gasteiger partial charge in [0.05, 0.1) is 13.2 Å². The molecular formula is C24H46O5. The van der Waals surface area contributed by atoms with E-state index in [9.17, 15) is 15.3 Å². The van der Waals surface area contributed by atoms with Gasteiger partial charge in [0.2, 0.25) is 0 Å². The molecule has 29 heavy (non-hydrogen) atoms. The lowest BCUT2D eigenvalue weighted by atomic mass is 10.0. The fraction of sp³-hybridized carbons (Fsp3) is 0.917. The first-order valence-corrected chi connectivity index (χ1v) is 12.0. The van der Waals surface area contributed by atoms with Crippen molar-refractivity contribution >= 4 is 0 Å². The Hall–Kier alpha value is -0.460. The highest BCUT2D eigenvalue weighted by molar-refractivity contribution is 4.87. The molecule has 0 bridgehead atoms. The van der Waals surface area contributed by atoms with Gasteiger partial charge in [-0.1, -0.05) is 83.3 Å². The third kappa shape index (κ3) is 13.5. The molecule has 0 aromatic heterocycles. The van der Waals surface area contributed by atoms with Gasteiger partial charge in [-0.15, -0.1) is 0 Å². The van der Waals surface area contributed by atoms with Crippen LogP contribution in [0.25, 0.3) is 0 Å². The Morgan fingerprint density at radius 1 is 0.862 bits per heavy atom. The van der Waals surface area contributed by atoms with E-state index in [1.165, 1.54) is 70.6 Å². The topological polar surface area (TPSA) is 79.2 Å². The van der Waals surface area contributed by atoms with Crippen molar-refractivity contribution in [1.29, 1.82) is 0 Å². The number of aliphatic hydroxyl groups is 3. The second kappa shape index (κ2) is 18.3. The number of allylic oxidation sites excluding steroid dienone is 2. The van der Waals surface area contributed by atoms with E-state index < -0.39 is 24.4 Å². The van der Waals surface area contributed by atoms with Gasteiger partial charge < -0.3 is 24.8 Å². The summed E-state index contributed by atoms with van der Waals surface area (Å²) in [5.41, 5.74) is 0. The van der Waals surface area contributed by atoms with Crippen LogP contribution in [0.2, 0.25) is 0 Å². The van der Waals surface area contributed by atoms with Crippen LogP contribution in [0.4, 0.5) is 0 Å². The molecular weight excluding hydrogens is 368 g/mol. The largest absolute Gasteiger partial charge is 0.388 e. The Morgan fingerprint density at radius 2 is 1.41 bits per heavy atom. The number of rotatable bonds is 19. The van der Waals surface area contributed by atoms with Crippen molar-refractivity contribution in [3.05, 3.63) is 12.2 Å². The molecule has 4 atom stereocenters. The highest BCUT2D eigenvalue weighted by Crippen LogP contribution is 2.18. The van der Waals surface area contributed by atoms with E-state index in [0.29, 0.717) is 6.61 Å². The maximum Gasteiger partial charge on any atom is 0.114 e. The summed E-state index contributed by atoms with van der Waals surface area (Å²) in [6.45, 7) is 3.02. The van der Waals surface area contributed by atoms with Crippen molar-refractivity contribution in [3.8, 4) is 0 Å². The van der Waals surface area contributed by atoms with Gasteiger partial charge in [0, 0.05) is 6.61 Å². The summed E-state index contributed by atoms with van der Waals surface area (Å²) in [6.07, 6.45) is 19.1. The van der Waals surface area contributed by atoms with Gasteiger partial charge in [-0.2, -0.15) is 0 Å². The van der Waals surface area contributed by atoms with Crippen LogP contribution in [0.15, 0.2) is 12.2 Å². The Morgan fingerprint density at radius 3 is 1.93 bits per heavy atom. The lowest BCUT2D eigenvalue weighted by Gasteiger charge is -2.20. The van der Waals surface area contributed by atoms with Crippen molar-refractivity contribution in [2.24, 2.45) is 0 Å². The second-order valence-electron chi connectivity index (χ2n) is 8.41. The zero-order valence-corrected chi connectivity index (χ0v) is 18.6. The average Bonchev–Trinajstić information content (AvgIpc) is 3.05. The van der Waals surface area contributed by atoms with E-state index in [2.05, 4.69) is 19.1 Å². The molecule has 1 aliphatic heterocycles. The zero-order valence-electron chi connectivity index (χ0n) is 18.6. The van der Waals surface area contributed by atoms with Gasteiger partial charge in [0.15, 0.2) is 0 Å². The number of aliphatic hydroxyl groups excluding tert-OH is 3. The Bertz CT molecular complexity index is 387. The summed E-state index contributed by atoms with van der Waals surface area (Å²) in [5, 5.41) is 29.1. The van der Waals surface area contributed by atoms with E-state index in [4.69, 9.17) is 9.47 Å². The van der Waals surface area contributed by atoms with E-state index >= 15 is 0 Å². The third-order valence-electron chi connectivity index (χ3n) is 5.67. The number of hydrogen-bond acceptors (Lipinski definition) is 5. The highest BCUT2D eigenvalue weighted by atomic mass is 16.5. The van der Waals surface area contributed by atoms with Crippen LogP contribution in [0.1, 0.15) is 96.8 Å². The van der Waals surface area contributed by atoms with Crippen LogP contribution < -0.4 is 0 Å². The summed E-state index contributed by atoms with van der Waals surface area (Å²) in [7, 11) is 0. The summed E-state index contributed by atoms with van der Waals surface area (Å²) >= 11 is 0. The monoisotopic (exact) mass is 414 g/mol. The van der Waals surface area contributed by atoms with Crippen molar-refractivity contribution in [2.75, 3.05) is 19.8 Å².